The van der Waals surface area contributed by atoms with E-state index in [-0.39, 0.29) is 24.1 Å². The Balaban J connectivity index is 1.89. The van der Waals surface area contributed by atoms with Crippen molar-refractivity contribution in [2.75, 3.05) is 17.2 Å². The second-order valence-electron chi connectivity index (χ2n) is 5.67. The maximum Gasteiger partial charge on any atom is 0.250 e. The molecule has 0 aliphatic heterocycles. The second kappa shape index (κ2) is 8.73. The fourth-order valence-electron chi connectivity index (χ4n) is 2.15. The van der Waals surface area contributed by atoms with E-state index in [2.05, 4.69) is 17.6 Å². The Kier molecular flexibility index (Phi) is 6.39. The van der Waals surface area contributed by atoms with Gasteiger partial charge in [0, 0.05) is 5.69 Å². The summed E-state index contributed by atoms with van der Waals surface area (Å²) in [4.78, 5) is 23.4. The lowest BCUT2D eigenvalue weighted by molar-refractivity contribution is -0.114. The van der Waals surface area contributed by atoms with Gasteiger partial charge in [-0.25, -0.2) is 0 Å². The lowest BCUT2D eigenvalue weighted by Crippen LogP contribution is -2.24. The normalized spacial score (nSPS) is 11.4. The van der Waals surface area contributed by atoms with Gasteiger partial charge in [-0.3, -0.25) is 9.59 Å². The molecule has 0 heterocycles. The molecule has 0 radical (unpaired) electrons. The average Bonchev–Trinajstić information content (AvgIpc) is 2.61. The number of primary amides is 1. The van der Waals surface area contributed by atoms with Crippen molar-refractivity contribution in [2.24, 2.45) is 5.73 Å². The highest BCUT2D eigenvalue weighted by Crippen LogP contribution is 2.18. The highest BCUT2D eigenvalue weighted by atomic mass is 16.5. The van der Waals surface area contributed by atoms with E-state index in [0.29, 0.717) is 5.69 Å². The zero-order chi connectivity index (χ0) is 18.2. The summed E-state index contributed by atoms with van der Waals surface area (Å²) >= 11 is 0. The van der Waals surface area contributed by atoms with E-state index in [1.807, 2.05) is 31.2 Å². The summed E-state index contributed by atoms with van der Waals surface area (Å²) in [6, 6.07) is 14.0. The minimum atomic E-state index is -0.583. The molecule has 2 aromatic carbocycles. The van der Waals surface area contributed by atoms with Crippen LogP contribution in [0.3, 0.4) is 0 Å². The van der Waals surface area contributed by atoms with Crippen LogP contribution < -0.4 is 21.1 Å². The molecule has 0 fully saturated rings. The average molecular weight is 341 g/mol. The molecule has 2 aromatic rings. The predicted octanol–water partition coefficient (Wildman–Crippen LogP) is 3.01. The van der Waals surface area contributed by atoms with Gasteiger partial charge in [-0.05, 0) is 49.7 Å². The first-order chi connectivity index (χ1) is 12.0. The van der Waals surface area contributed by atoms with Crippen molar-refractivity contribution in [3.8, 4) is 5.75 Å². The minimum Gasteiger partial charge on any atom is -0.491 e. The summed E-state index contributed by atoms with van der Waals surface area (Å²) in [5.74, 6) is -0.0610. The summed E-state index contributed by atoms with van der Waals surface area (Å²) in [7, 11) is 0. The molecular weight excluding hydrogens is 318 g/mol. The molecule has 1 unspecified atom stereocenters. The molecule has 0 saturated carbocycles. The highest BCUT2D eigenvalue weighted by molar-refractivity contribution is 6.03. The Morgan fingerprint density at radius 1 is 1.12 bits per heavy atom. The monoisotopic (exact) mass is 341 g/mol. The molecule has 6 heteroatoms. The van der Waals surface area contributed by atoms with Crippen LogP contribution in [-0.2, 0) is 4.79 Å². The van der Waals surface area contributed by atoms with Crippen LogP contribution in [0.5, 0.6) is 5.75 Å². The third kappa shape index (κ3) is 5.53. The number of carbonyl (C=O) groups is 2. The van der Waals surface area contributed by atoms with Gasteiger partial charge in [0.15, 0.2) is 0 Å². The van der Waals surface area contributed by atoms with Crippen molar-refractivity contribution < 1.29 is 14.3 Å². The van der Waals surface area contributed by atoms with Crippen LogP contribution >= 0.6 is 0 Å². The molecule has 0 aliphatic carbocycles. The zero-order valence-corrected chi connectivity index (χ0v) is 14.4. The Labute approximate surface area is 147 Å². The topological polar surface area (TPSA) is 93.4 Å². The Morgan fingerprint density at radius 3 is 2.44 bits per heavy atom. The van der Waals surface area contributed by atoms with Crippen LogP contribution in [0.25, 0.3) is 0 Å². The van der Waals surface area contributed by atoms with Crippen LogP contribution in [0, 0.1) is 0 Å². The molecule has 1 atom stereocenters. The highest BCUT2D eigenvalue weighted by Gasteiger charge is 2.10. The van der Waals surface area contributed by atoms with E-state index in [0.717, 1.165) is 17.9 Å². The van der Waals surface area contributed by atoms with Crippen molar-refractivity contribution in [3.05, 3.63) is 54.1 Å². The van der Waals surface area contributed by atoms with E-state index in [9.17, 15) is 9.59 Å². The van der Waals surface area contributed by atoms with E-state index >= 15 is 0 Å². The Bertz CT molecular complexity index is 729. The fraction of sp³-hybridized carbons (Fsp3) is 0.263. The van der Waals surface area contributed by atoms with E-state index in [1.54, 1.807) is 24.3 Å². The third-order valence-corrected chi connectivity index (χ3v) is 3.69. The second-order valence-corrected chi connectivity index (χ2v) is 5.67. The quantitative estimate of drug-likeness (QED) is 0.688. The SMILES string of the molecule is CCC(C)Oc1ccc(NCC(=O)Nc2ccccc2C(N)=O)cc1. The van der Waals surface area contributed by atoms with E-state index < -0.39 is 5.91 Å². The number of ether oxygens (including phenoxy) is 1. The van der Waals surface area contributed by atoms with Gasteiger partial charge < -0.3 is 21.1 Å². The van der Waals surface area contributed by atoms with Crippen LogP contribution in [0.4, 0.5) is 11.4 Å². The first kappa shape index (κ1) is 18.3. The molecule has 25 heavy (non-hydrogen) atoms. The fourth-order valence-corrected chi connectivity index (χ4v) is 2.15. The molecule has 2 amide bonds. The van der Waals surface area contributed by atoms with Gasteiger partial charge in [0.1, 0.15) is 5.75 Å². The van der Waals surface area contributed by atoms with Crippen molar-refractivity contribution in [2.45, 2.75) is 26.4 Å². The molecule has 0 aliphatic rings. The minimum absolute atomic E-state index is 0.0681. The number of carbonyl (C=O) groups excluding carboxylic acids is 2. The van der Waals surface area contributed by atoms with Crippen LogP contribution in [0.2, 0.25) is 0 Å². The number of amides is 2. The summed E-state index contributed by atoms with van der Waals surface area (Å²) < 4.78 is 5.71. The summed E-state index contributed by atoms with van der Waals surface area (Å²) in [6.07, 6.45) is 1.10. The van der Waals surface area contributed by atoms with Crippen LogP contribution in [0.1, 0.15) is 30.6 Å². The Hall–Kier alpha value is -3.02. The molecule has 6 nitrogen and oxygen atoms in total. The van der Waals surface area contributed by atoms with E-state index in [1.165, 1.54) is 0 Å². The maximum atomic E-state index is 12.1. The van der Waals surface area contributed by atoms with Crippen molar-refractivity contribution in [1.82, 2.24) is 0 Å². The van der Waals surface area contributed by atoms with Gasteiger partial charge in [-0.2, -0.15) is 0 Å². The molecule has 0 aromatic heterocycles. The van der Waals surface area contributed by atoms with Crippen LogP contribution in [0.15, 0.2) is 48.5 Å². The van der Waals surface area contributed by atoms with E-state index in [4.69, 9.17) is 10.5 Å². The number of anilines is 2. The Morgan fingerprint density at radius 2 is 1.80 bits per heavy atom. The molecule has 0 spiro atoms. The predicted molar refractivity (Wildman–Crippen MR) is 98.9 cm³/mol. The third-order valence-electron chi connectivity index (χ3n) is 3.69. The van der Waals surface area contributed by atoms with Crippen molar-refractivity contribution in [3.63, 3.8) is 0 Å². The molecule has 2 rings (SSSR count). The number of benzene rings is 2. The smallest absolute Gasteiger partial charge is 0.250 e. The lowest BCUT2D eigenvalue weighted by Gasteiger charge is -2.13. The number of rotatable bonds is 8. The first-order valence-electron chi connectivity index (χ1n) is 8.19. The summed E-state index contributed by atoms with van der Waals surface area (Å²) in [6.45, 7) is 4.15. The van der Waals surface area contributed by atoms with Crippen molar-refractivity contribution >= 4 is 23.2 Å². The van der Waals surface area contributed by atoms with Crippen molar-refractivity contribution in [1.29, 1.82) is 0 Å². The first-order valence-corrected chi connectivity index (χ1v) is 8.19. The number of para-hydroxylation sites is 1. The zero-order valence-electron chi connectivity index (χ0n) is 14.4. The number of nitrogens with two attached hydrogens (primary N) is 1. The van der Waals surface area contributed by atoms with Gasteiger partial charge in [0.2, 0.25) is 5.91 Å². The molecular formula is C19H23N3O3. The lowest BCUT2D eigenvalue weighted by atomic mass is 10.1. The standard InChI is InChI=1S/C19H23N3O3/c1-3-13(2)25-15-10-8-14(9-11-15)21-12-18(23)22-17-7-5-4-6-16(17)19(20)24/h4-11,13,21H,3,12H2,1-2H3,(H2,20,24)(H,22,23). The summed E-state index contributed by atoms with van der Waals surface area (Å²) in [5.41, 5.74) is 6.78. The largest absolute Gasteiger partial charge is 0.491 e. The molecule has 0 bridgehead atoms. The van der Waals surface area contributed by atoms with Crippen LogP contribution in [-0.4, -0.2) is 24.5 Å². The summed E-state index contributed by atoms with van der Waals surface area (Å²) in [5, 5.41) is 5.70. The molecule has 0 saturated heterocycles. The maximum absolute atomic E-state index is 12.1. The number of hydrogen-bond donors (Lipinski definition) is 3. The number of nitrogens with one attached hydrogen (secondary N) is 2. The van der Waals surface area contributed by atoms with Gasteiger partial charge in [-0.15, -0.1) is 0 Å². The van der Waals surface area contributed by atoms with Gasteiger partial charge in [-0.1, -0.05) is 19.1 Å². The van der Waals surface area contributed by atoms with Gasteiger partial charge in [0.05, 0.1) is 23.9 Å². The van der Waals surface area contributed by atoms with Gasteiger partial charge >= 0.3 is 0 Å². The van der Waals surface area contributed by atoms with Gasteiger partial charge in [0.25, 0.3) is 5.91 Å². The molecule has 4 N–H and O–H groups in total. The molecule has 132 valence electrons. The number of hydrogen-bond acceptors (Lipinski definition) is 4.